The maximum atomic E-state index is 10.8. The molecule has 0 unspecified atom stereocenters. The van der Waals surface area contributed by atoms with Crippen LogP contribution in [0.25, 0.3) is 0 Å². The summed E-state index contributed by atoms with van der Waals surface area (Å²) in [5.74, 6) is 1.01. The van der Waals surface area contributed by atoms with Gasteiger partial charge in [-0.3, -0.25) is 4.90 Å². The summed E-state index contributed by atoms with van der Waals surface area (Å²) in [5.41, 5.74) is 1.91. The van der Waals surface area contributed by atoms with Gasteiger partial charge in [-0.1, -0.05) is 19.3 Å². The predicted octanol–water partition coefficient (Wildman–Crippen LogP) is 1.60. The second kappa shape index (κ2) is 5.89. The first-order valence-corrected chi connectivity index (χ1v) is 8.02. The lowest BCUT2D eigenvalue weighted by molar-refractivity contribution is -0.0292. The SMILES string of the molecule is CN(C)c1ncnc2c1CN(CC1(O)CCCCC1)CC2. The Balaban J connectivity index is 1.74. The van der Waals surface area contributed by atoms with Gasteiger partial charge < -0.3 is 10.0 Å². The van der Waals surface area contributed by atoms with Crippen molar-refractivity contribution in [3.05, 3.63) is 17.6 Å². The van der Waals surface area contributed by atoms with Crippen molar-refractivity contribution in [3.63, 3.8) is 0 Å². The Labute approximate surface area is 127 Å². The third-order valence-corrected chi connectivity index (χ3v) is 4.78. The van der Waals surface area contributed by atoms with Gasteiger partial charge in [-0.25, -0.2) is 9.97 Å². The number of hydrogen-bond donors (Lipinski definition) is 1. The lowest BCUT2D eigenvalue weighted by Crippen LogP contribution is -2.46. The number of aromatic nitrogens is 2. The van der Waals surface area contributed by atoms with E-state index in [2.05, 4.69) is 19.8 Å². The molecule has 0 bridgehead atoms. The van der Waals surface area contributed by atoms with E-state index < -0.39 is 5.60 Å². The summed E-state index contributed by atoms with van der Waals surface area (Å²) in [5, 5.41) is 10.8. The molecule has 1 fully saturated rings. The van der Waals surface area contributed by atoms with Gasteiger partial charge >= 0.3 is 0 Å². The van der Waals surface area contributed by atoms with Gasteiger partial charge in [0.15, 0.2) is 0 Å². The molecular formula is C16H26N4O. The van der Waals surface area contributed by atoms with Crippen LogP contribution in [0, 0.1) is 0 Å². The van der Waals surface area contributed by atoms with Crippen molar-refractivity contribution >= 4 is 5.82 Å². The van der Waals surface area contributed by atoms with Crippen LogP contribution in [-0.2, 0) is 13.0 Å². The molecule has 0 radical (unpaired) electrons. The Kier molecular flexibility index (Phi) is 4.13. The van der Waals surface area contributed by atoms with Crippen LogP contribution in [0.2, 0.25) is 0 Å². The molecule has 1 N–H and O–H groups in total. The average Bonchev–Trinajstić information content (AvgIpc) is 2.46. The van der Waals surface area contributed by atoms with Crippen LogP contribution in [0.3, 0.4) is 0 Å². The molecule has 3 rings (SSSR count). The first-order chi connectivity index (χ1) is 10.1. The molecule has 1 aliphatic carbocycles. The number of fused-ring (bicyclic) bond motifs is 1. The zero-order valence-electron chi connectivity index (χ0n) is 13.2. The van der Waals surface area contributed by atoms with E-state index in [1.54, 1.807) is 6.33 Å². The van der Waals surface area contributed by atoms with Gasteiger partial charge in [0.2, 0.25) is 0 Å². The zero-order chi connectivity index (χ0) is 14.9. The summed E-state index contributed by atoms with van der Waals surface area (Å²) in [6, 6.07) is 0. The van der Waals surface area contributed by atoms with Gasteiger partial charge in [-0.15, -0.1) is 0 Å². The lowest BCUT2D eigenvalue weighted by atomic mass is 9.84. The van der Waals surface area contributed by atoms with E-state index in [9.17, 15) is 5.11 Å². The summed E-state index contributed by atoms with van der Waals surface area (Å²) in [4.78, 5) is 13.3. The van der Waals surface area contributed by atoms with Crippen LogP contribution in [0.1, 0.15) is 43.4 Å². The molecule has 116 valence electrons. The molecule has 21 heavy (non-hydrogen) atoms. The minimum atomic E-state index is -0.482. The van der Waals surface area contributed by atoms with Gasteiger partial charge in [0, 0.05) is 45.7 Å². The molecule has 2 heterocycles. The molecule has 5 heteroatoms. The van der Waals surface area contributed by atoms with Gasteiger partial charge in [0.05, 0.1) is 11.3 Å². The molecule has 1 saturated carbocycles. The van der Waals surface area contributed by atoms with Crippen LogP contribution in [0.15, 0.2) is 6.33 Å². The van der Waals surface area contributed by atoms with Crippen molar-refractivity contribution in [2.75, 3.05) is 32.1 Å². The Morgan fingerprint density at radius 1 is 1.24 bits per heavy atom. The molecule has 0 aromatic carbocycles. The minimum absolute atomic E-state index is 0.482. The highest BCUT2D eigenvalue weighted by molar-refractivity contribution is 5.48. The molecule has 1 aliphatic heterocycles. The van der Waals surface area contributed by atoms with Crippen molar-refractivity contribution in [2.24, 2.45) is 0 Å². The topological polar surface area (TPSA) is 52.5 Å². The fraction of sp³-hybridized carbons (Fsp3) is 0.750. The van der Waals surface area contributed by atoms with Crippen molar-refractivity contribution in [1.29, 1.82) is 0 Å². The van der Waals surface area contributed by atoms with E-state index in [1.165, 1.54) is 17.7 Å². The highest BCUT2D eigenvalue weighted by Crippen LogP contribution is 2.31. The Morgan fingerprint density at radius 2 is 2.00 bits per heavy atom. The summed E-state index contributed by atoms with van der Waals surface area (Å²) >= 11 is 0. The van der Waals surface area contributed by atoms with E-state index in [4.69, 9.17) is 0 Å². The van der Waals surface area contributed by atoms with E-state index in [0.717, 1.165) is 57.6 Å². The molecule has 1 aromatic rings. The summed E-state index contributed by atoms with van der Waals surface area (Å²) in [6.07, 6.45) is 8.10. The predicted molar refractivity (Wildman–Crippen MR) is 83.4 cm³/mol. The van der Waals surface area contributed by atoms with E-state index >= 15 is 0 Å². The number of hydrogen-bond acceptors (Lipinski definition) is 5. The third kappa shape index (κ3) is 3.19. The Hall–Kier alpha value is -1.20. The first-order valence-electron chi connectivity index (χ1n) is 8.02. The lowest BCUT2D eigenvalue weighted by Gasteiger charge is -2.39. The summed E-state index contributed by atoms with van der Waals surface area (Å²) in [7, 11) is 4.05. The standard InChI is InChI=1S/C16H26N4O/c1-19(2)15-13-10-20(9-6-14(13)17-12-18-15)11-16(21)7-4-3-5-8-16/h12,21H,3-11H2,1-2H3. The molecule has 5 nitrogen and oxygen atoms in total. The molecular weight excluding hydrogens is 264 g/mol. The van der Waals surface area contributed by atoms with Gasteiger partial charge in [0.25, 0.3) is 0 Å². The summed E-state index contributed by atoms with van der Waals surface area (Å²) < 4.78 is 0. The number of rotatable bonds is 3. The largest absolute Gasteiger partial charge is 0.389 e. The zero-order valence-corrected chi connectivity index (χ0v) is 13.2. The molecule has 2 aliphatic rings. The monoisotopic (exact) mass is 290 g/mol. The number of aliphatic hydroxyl groups is 1. The summed E-state index contributed by atoms with van der Waals surface area (Å²) in [6.45, 7) is 2.62. The van der Waals surface area contributed by atoms with Crippen molar-refractivity contribution in [1.82, 2.24) is 14.9 Å². The molecule has 0 atom stereocenters. The second-order valence-electron chi connectivity index (χ2n) is 6.76. The van der Waals surface area contributed by atoms with Crippen LogP contribution < -0.4 is 4.90 Å². The van der Waals surface area contributed by atoms with E-state index in [1.807, 2.05) is 14.1 Å². The van der Waals surface area contributed by atoms with Crippen LogP contribution in [0.5, 0.6) is 0 Å². The maximum Gasteiger partial charge on any atom is 0.136 e. The van der Waals surface area contributed by atoms with Gasteiger partial charge in [-0.05, 0) is 12.8 Å². The third-order valence-electron chi connectivity index (χ3n) is 4.78. The van der Waals surface area contributed by atoms with Crippen LogP contribution >= 0.6 is 0 Å². The second-order valence-corrected chi connectivity index (χ2v) is 6.76. The number of β-amino-alcohol motifs (C(OH)–C–C–N with tert-alkyl or cyclic N) is 1. The fourth-order valence-electron chi connectivity index (χ4n) is 3.69. The Morgan fingerprint density at radius 3 is 2.71 bits per heavy atom. The van der Waals surface area contributed by atoms with Crippen molar-refractivity contribution in [3.8, 4) is 0 Å². The van der Waals surface area contributed by atoms with E-state index in [-0.39, 0.29) is 0 Å². The molecule has 1 aromatic heterocycles. The average molecular weight is 290 g/mol. The number of nitrogens with zero attached hydrogens (tertiary/aromatic N) is 4. The van der Waals surface area contributed by atoms with Crippen LogP contribution in [-0.4, -0.2) is 52.8 Å². The first kappa shape index (κ1) is 14.7. The van der Waals surface area contributed by atoms with Gasteiger partial charge in [-0.2, -0.15) is 0 Å². The van der Waals surface area contributed by atoms with Crippen molar-refractivity contribution in [2.45, 2.75) is 50.7 Å². The minimum Gasteiger partial charge on any atom is -0.389 e. The normalized spacial score (nSPS) is 21.9. The van der Waals surface area contributed by atoms with Crippen LogP contribution in [0.4, 0.5) is 5.82 Å². The Bertz CT molecular complexity index is 497. The smallest absolute Gasteiger partial charge is 0.136 e. The quantitative estimate of drug-likeness (QED) is 0.916. The molecule has 0 spiro atoms. The number of anilines is 1. The molecule has 0 amide bonds. The maximum absolute atomic E-state index is 10.8. The highest BCUT2D eigenvalue weighted by Gasteiger charge is 2.33. The van der Waals surface area contributed by atoms with Gasteiger partial charge in [0.1, 0.15) is 12.1 Å². The van der Waals surface area contributed by atoms with Crippen molar-refractivity contribution < 1.29 is 5.11 Å². The molecule has 0 saturated heterocycles. The highest BCUT2D eigenvalue weighted by atomic mass is 16.3. The van der Waals surface area contributed by atoms with E-state index in [0.29, 0.717) is 0 Å². The fourth-order valence-corrected chi connectivity index (χ4v) is 3.69.